The highest BCUT2D eigenvalue weighted by Crippen LogP contribution is 2.25. The number of imidazole rings is 1. The van der Waals surface area contributed by atoms with Crippen LogP contribution in [0.15, 0.2) is 30.7 Å². The first-order valence-electron chi connectivity index (χ1n) is 6.13. The molecule has 9 heteroatoms. The SMILES string of the molecule is CCOC=O.O=[N+]([O-])c1cn(Cc2c(Cl)cccc2Cl)cn1. The highest BCUT2D eigenvalue weighted by molar-refractivity contribution is 6.35. The second kappa shape index (κ2) is 9.01. The molecule has 118 valence electrons. The number of rotatable bonds is 5. The number of benzene rings is 1. The Morgan fingerprint density at radius 3 is 2.45 bits per heavy atom. The summed E-state index contributed by atoms with van der Waals surface area (Å²) >= 11 is 12.0. The lowest BCUT2D eigenvalue weighted by atomic mass is 10.2. The summed E-state index contributed by atoms with van der Waals surface area (Å²) in [6.45, 7) is 3.01. The number of nitrogens with zero attached hydrogens (tertiary/aromatic N) is 3. The van der Waals surface area contributed by atoms with Crippen molar-refractivity contribution < 1.29 is 14.5 Å². The van der Waals surface area contributed by atoms with Gasteiger partial charge in [-0.05, 0) is 29.0 Å². The number of carbonyl (C=O) groups is 1. The Hall–Kier alpha value is -2.12. The van der Waals surface area contributed by atoms with Gasteiger partial charge in [0.2, 0.25) is 6.33 Å². The summed E-state index contributed by atoms with van der Waals surface area (Å²) in [6.07, 6.45) is 2.71. The molecule has 0 fully saturated rings. The average Bonchev–Trinajstić information content (AvgIpc) is 2.93. The molecular formula is C13H13Cl2N3O4. The minimum atomic E-state index is -0.551. The van der Waals surface area contributed by atoms with E-state index in [1.54, 1.807) is 29.7 Å². The quantitative estimate of drug-likeness (QED) is 0.471. The molecule has 2 rings (SSSR count). The Bertz CT molecular complexity index is 626. The van der Waals surface area contributed by atoms with Gasteiger partial charge in [-0.15, -0.1) is 0 Å². The second-order valence-electron chi connectivity index (χ2n) is 3.91. The van der Waals surface area contributed by atoms with E-state index in [9.17, 15) is 14.9 Å². The van der Waals surface area contributed by atoms with Gasteiger partial charge in [0.15, 0.2) is 0 Å². The van der Waals surface area contributed by atoms with Gasteiger partial charge in [0.25, 0.3) is 6.47 Å². The lowest BCUT2D eigenvalue weighted by molar-refractivity contribution is -0.389. The highest BCUT2D eigenvalue weighted by Gasteiger charge is 2.12. The smallest absolute Gasteiger partial charge is 0.381 e. The molecule has 0 saturated carbocycles. The molecule has 1 heterocycles. The molecule has 2 aromatic rings. The highest BCUT2D eigenvalue weighted by atomic mass is 35.5. The van der Waals surface area contributed by atoms with E-state index in [2.05, 4.69) is 9.72 Å². The van der Waals surface area contributed by atoms with E-state index >= 15 is 0 Å². The first-order valence-corrected chi connectivity index (χ1v) is 6.89. The molecule has 0 bridgehead atoms. The summed E-state index contributed by atoms with van der Waals surface area (Å²) in [7, 11) is 0. The Morgan fingerprint density at radius 1 is 1.41 bits per heavy atom. The molecule has 0 aliphatic rings. The lowest BCUT2D eigenvalue weighted by Gasteiger charge is -2.05. The van der Waals surface area contributed by atoms with Crippen LogP contribution >= 0.6 is 23.2 Å². The summed E-state index contributed by atoms with van der Waals surface area (Å²) < 4.78 is 5.71. The van der Waals surface area contributed by atoms with Gasteiger partial charge in [0.05, 0.1) is 13.2 Å². The van der Waals surface area contributed by atoms with Crippen LogP contribution in [0.2, 0.25) is 10.0 Å². The largest absolute Gasteiger partial charge is 0.468 e. The number of hydrogen-bond acceptors (Lipinski definition) is 5. The molecule has 1 aromatic heterocycles. The maximum Gasteiger partial charge on any atom is 0.381 e. The average molecular weight is 346 g/mol. The number of nitro groups is 1. The van der Waals surface area contributed by atoms with Gasteiger partial charge >= 0.3 is 5.82 Å². The topological polar surface area (TPSA) is 87.3 Å². The normalized spacial score (nSPS) is 9.59. The van der Waals surface area contributed by atoms with E-state index in [1.165, 1.54) is 12.5 Å². The molecule has 0 aliphatic heterocycles. The molecule has 22 heavy (non-hydrogen) atoms. The molecule has 0 radical (unpaired) electrons. The molecule has 0 unspecified atom stereocenters. The fraction of sp³-hybridized carbons (Fsp3) is 0.231. The van der Waals surface area contributed by atoms with Gasteiger partial charge in [-0.25, -0.2) is 0 Å². The summed E-state index contributed by atoms with van der Waals surface area (Å²) in [6, 6.07) is 5.17. The Morgan fingerprint density at radius 2 is 2.05 bits per heavy atom. The fourth-order valence-electron chi connectivity index (χ4n) is 1.46. The van der Waals surface area contributed by atoms with Gasteiger partial charge in [-0.3, -0.25) is 4.79 Å². The summed E-state index contributed by atoms with van der Waals surface area (Å²) in [5.41, 5.74) is 0.711. The van der Waals surface area contributed by atoms with E-state index in [4.69, 9.17) is 23.2 Å². The summed E-state index contributed by atoms with van der Waals surface area (Å²) in [4.78, 5) is 22.8. The Kier molecular flexibility index (Phi) is 7.34. The zero-order valence-electron chi connectivity index (χ0n) is 11.6. The number of halogens is 2. The van der Waals surface area contributed by atoms with Crippen molar-refractivity contribution in [1.82, 2.24) is 9.55 Å². The van der Waals surface area contributed by atoms with E-state index in [-0.39, 0.29) is 5.82 Å². The first-order chi connectivity index (χ1) is 10.5. The van der Waals surface area contributed by atoms with Gasteiger partial charge in [0, 0.05) is 15.6 Å². The predicted molar refractivity (Wildman–Crippen MR) is 82.1 cm³/mol. The van der Waals surface area contributed by atoms with Gasteiger partial charge in [-0.1, -0.05) is 29.3 Å². The molecular weight excluding hydrogens is 333 g/mol. The second-order valence-corrected chi connectivity index (χ2v) is 4.73. The van der Waals surface area contributed by atoms with Gasteiger partial charge in [-0.2, -0.15) is 0 Å². The van der Waals surface area contributed by atoms with Crippen molar-refractivity contribution in [2.75, 3.05) is 6.61 Å². The third-order valence-electron chi connectivity index (χ3n) is 2.44. The maximum absolute atomic E-state index is 10.5. The molecule has 0 saturated heterocycles. The minimum Gasteiger partial charge on any atom is -0.468 e. The van der Waals surface area contributed by atoms with Crippen molar-refractivity contribution in [3.05, 3.63) is 56.4 Å². The Labute approximate surface area is 136 Å². The Balaban J connectivity index is 0.000000422. The van der Waals surface area contributed by atoms with Crippen LogP contribution in [0.3, 0.4) is 0 Å². The third-order valence-corrected chi connectivity index (χ3v) is 3.15. The molecule has 0 amide bonds. The summed E-state index contributed by atoms with van der Waals surface area (Å²) in [5.74, 6) is -0.201. The van der Waals surface area contributed by atoms with Crippen molar-refractivity contribution in [3.8, 4) is 0 Å². The van der Waals surface area contributed by atoms with Crippen molar-refractivity contribution >= 4 is 35.5 Å². The minimum absolute atomic E-state index is 0.201. The van der Waals surface area contributed by atoms with Crippen LogP contribution in [0.25, 0.3) is 0 Å². The van der Waals surface area contributed by atoms with Gasteiger partial charge in [0.1, 0.15) is 6.20 Å². The predicted octanol–water partition coefficient (Wildman–Crippen LogP) is 3.33. The van der Waals surface area contributed by atoms with Crippen molar-refractivity contribution in [3.63, 3.8) is 0 Å². The van der Waals surface area contributed by atoms with Crippen LogP contribution in [0.1, 0.15) is 12.5 Å². The van der Waals surface area contributed by atoms with Crippen LogP contribution in [0.5, 0.6) is 0 Å². The molecule has 0 atom stereocenters. The maximum atomic E-state index is 10.5. The van der Waals surface area contributed by atoms with Crippen molar-refractivity contribution in [2.45, 2.75) is 13.5 Å². The van der Waals surface area contributed by atoms with E-state index < -0.39 is 4.92 Å². The summed E-state index contributed by atoms with van der Waals surface area (Å²) in [5, 5.41) is 11.5. The number of hydrogen-bond donors (Lipinski definition) is 0. The van der Waals surface area contributed by atoms with E-state index in [0.717, 1.165) is 0 Å². The van der Waals surface area contributed by atoms with E-state index in [0.29, 0.717) is 35.2 Å². The zero-order chi connectivity index (χ0) is 16.5. The lowest BCUT2D eigenvalue weighted by Crippen LogP contribution is -1.98. The molecule has 0 aliphatic carbocycles. The van der Waals surface area contributed by atoms with Crippen LogP contribution in [-0.2, 0) is 16.1 Å². The van der Waals surface area contributed by atoms with Crippen molar-refractivity contribution in [2.24, 2.45) is 0 Å². The monoisotopic (exact) mass is 345 g/mol. The van der Waals surface area contributed by atoms with Crippen LogP contribution in [0, 0.1) is 10.1 Å². The molecule has 0 N–H and O–H groups in total. The number of aromatic nitrogens is 2. The van der Waals surface area contributed by atoms with E-state index in [1.807, 2.05) is 0 Å². The fourth-order valence-corrected chi connectivity index (χ4v) is 1.98. The standard InChI is InChI=1S/C10H7Cl2N3O2.C3H6O2/c11-8-2-1-3-9(12)7(8)4-14-5-10(13-6-14)15(16)17;1-2-5-3-4/h1-3,5-6H,4H2;3H,2H2,1H3. The van der Waals surface area contributed by atoms with Gasteiger partial charge < -0.3 is 19.4 Å². The molecule has 0 spiro atoms. The van der Waals surface area contributed by atoms with Crippen molar-refractivity contribution in [1.29, 1.82) is 0 Å². The van der Waals surface area contributed by atoms with Crippen LogP contribution in [0.4, 0.5) is 5.82 Å². The molecule has 1 aromatic carbocycles. The number of ether oxygens (including phenoxy) is 1. The number of carbonyl (C=O) groups excluding carboxylic acids is 1. The zero-order valence-corrected chi connectivity index (χ0v) is 13.1. The molecule has 7 nitrogen and oxygen atoms in total. The first kappa shape index (κ1) is 17.9. The van der Waals surface area contributed by atoms with Crippen LogP contribution in [-0.4, -0.2) is 27.6 Å². The third kappa shape index (κ3) is 5.34. The van der Waals surface area contributed by atoms with Crippen LogP contribution < -0.4 is 0 Å².